The molecule has 0 radical (unpaired) electrons. The van der Waals surface area contributed by atoms with Crippen molar-refractivity contribution >= 4 is 46.7 Å². The van der Waals surface area contributed by atoms with E-state index in [1.807, 2.05) is 24.3 Å². The maximum atomic E-state index is 7.99. The molecule has 2 rings (SSSR count). The number of hydrogen-bond donors (Lipinski definition) is 3. The van der Waals surface area contributed by atoms with Crippen LogP contribution in [0.15, 0.2) is 28.7 Å². The molecule has 1 saturated heterocycles. The third kappa shape index (κ3) is 8.03. The summed E-state index contributed by atoms with van der Waals surface area (Å²) in [5.41, 5.74) is 0.987. The van der Waals surface area contributed by atoms with E-state index >= 15 is 0 Å². The van der Waals surface area contributed by atoms with Crippen molar-refractivity contribution in [3.8, 4) is 0 Å². The van der Waals surface area contributed by atoms with Crippen molar-refractivity contribution in [1.82, 2.24) is 15.5 Å². The number of nitrogens with one attached hydrogen (secondary N) is 3. The Morgan fingerprint density at radius 2 is 2.04 bits per heavy atom. The zero-order valence-corrected chi connectivity index (χ0v) is 17.1. The van der Waals surface area contributed by atoms with E-state index in [2.05, 4.69) is 31.5 Å². The molecule has 1 aliphatic rings. The highest BCUT2D eigenvalue weighted by atomic mass is 79.9. The summed E-state index contributed by atoms with van der Waals surface area (Å²) in [6.07, 6.45) is 3.38. The molecule has 0 spiro atoms. The predicted octanol–water partition coefficient (Wildman–Crippen LogP) is 3.54. The maximum Gasteiger partial charge on any atom is 0.190 e. The third-order valence-electron chi connectivity index (χ3n) is 3.81. The Hall–Kier alpha value is -0.530. The molecule has 0 aliphatic carbocycles. The molecule has 1 fully saturated rings. The van der Waals surface area contributed by atoms with Gasteiger partial charge in [-0.15, -0.1) is 24.8 Å². The van der Waals surface area contributed by atoms with E-state index in [1.165, 1.54) is 25.9 Å². The van der Waals surface area contributed by atoms with Crippen LogP contribution in [0.3, 0.4) is 0 Å². The largest absolute Gasteiger partial charge is 0.357 e. The lowest BCUT2D eigenvalue weighted by molar-refractivity contribution is 0.0899. The first kappa shape index (κ1) is 23.5. The summed E-state index contributed by atoms with van der Waals surface area (Å²) in [4.78, 5) is 2.48. The molecule has 24 heavy (non-hydrogen) atoms. The molecule has 1 aliphatic heterocycles. The van der Waals surface area contributed by atoms with Crippen LogP contribution in [0.25, 0.3) is 0 Å². The number of benzene rings is 1. The fourth-order valence-electron chi connectivity index (χ4n) is 2.65. The lowest BCUT2D eigenvalue weighted by Crippen LogP contribution is -2.40. The van der Waals surface area contributed by atoms with Crippen LogP contribution in [0, 0.1) is 5.41 Å². The van der Waals surface area contributed by atoms with E-state index in [0.717, 1.165) is 29.5 Å². The van der Waals surface area contributed by atoms with Gasteiger partial charge in [0.05, 0.1) is 0 Å². The summed E-state index contributed by atoms with van der Waals surface area (Å²) >= 11 is 3.45. The average Bonchev–Trinajstić information content (AvgIpc) is 3.02. The standard InChI is InChI=1S/C16H25BrN4O.2ClH/c1-22-15(13-6-4-7-14(17)12-13)20-16(18)19-8-5-11-21-9-2-3-10-21;;/h4,6-7,12,15H,2-3,5,8-11H2,1H3,(H3,18,19,20);2*1H. The molecule has 1 heterocycles. The molecule has 0 aromatic heterocycles. The zero-order chi connectivity index (χ0) is 15.8. The highest BCUT2D eigenvalue weighted by molar-refractivity contribution is 9.10. The van der Waals surface area contributed by atoms with E-state index in [1.54, 1.807) is 7.11 Å². The van der Waals surface area contributed by atoms with Crippen molar-refractivity contribution < 1.29 is 4.74 Å². The first-order chi connectivity index (χ1) is 10.7. The molecule has 5 nitrogen and oxygen atoms in total. The monoisotopic (exact) mass is 440 g/mol. The Balaban J connectivity index is 0.00000264. The van der Waals surface area contributed by atoms with Crippen LogP contribution in [0.4, 0.5) is 0 Å². The second-order valence-corrected chi connectivity index (χ2v) is 6.43. The van der Waals surface area contributed by atoms with Crippen LogP contribution in [-0.4, -0.2) is 44.1 Å². The van der Waals surface area contributed by atoms with E-state index < -0.39 is 0 Å². The van der Waals surface area contributed by atoms with Crippen LogP contribution in [0.5, 0.6) is 0 Å². The van der Waals surface area contributed by atoms with Gasteiger partial charge in [0.25, 0.3) is 0 Å². The number of likely N-dealkylation sites (tertiary alicyclic amines) is 1. The molecule has 0 amide bonds. The molecule has 0 bridgehead atoms. The predicted molar refractivity (Wildman–Crippen MR) is 108 cm³/mol. The van der Waals surface area contributed by atoms with Crippen LogP contribution in [0.2, 0.25) is 0 Å². The van der Waals surface area contributed by atoms with Crippen molar-refractivity contribution in [2.24, 2.45) is 0 Å². The zero-order valence-electron chi connectivity index (χ0n) is 13.9. The number of rotatable bonds is 7. The summed E-state index contributed by atoms with van der Waals surface area (Å²) in [6, 6.07) is 7.90. The Morgan fingerprint density at radius 3 is 2.67 bits per heavy atom. The topological polar surface area (TPSA) is 60.4 Å². The van der Waals surface area contributed by atoms with Crippen LogP contribution in [0.1, 0.15) is 31.1 Å². The minimum atomic E-state index is -0.323. The van der Waals surface area contributed by atoms with Crippen molar-refractivity contribution in [2.75, 3.05) is 33.3 Å². The van der Waals surface area contributed by atoms with Gasteiger partial charge in [-0.3, -0.25) is 5.41 Å². The van der Waals surface area contributed by atoms with Gasteiger partial charge in [0.1, 0.15) is 0 Å². The molecular weight excluding hydrogens is 415 g/mol. The molecule has 1 aromatic carbocycles. The van der Waals surface area contributed by atoms with Gasteiger partial charge in [0.2, 0.25) is 0 Å². The summed E-state index contributed by atoms with van der Waals surface area (Å²) in [5, 5.41) is 14.1. The minimum absolute atomic E-state index is 0. The summed E-state index contributed by atoms with van der Waals surface area (Å²) in [7, 11) is 1.64. The van der Waals surface area contributed by atoms with Gasteiger partial charge >= 0.3 is 0 Å². The van der Waals surface area contributed by atoms with Gasteiger partial charge in [-0.1, -0.05) is 28.1 Å². The van der Waals surface area contributed by atoms with Gasteiger partial charge < -0.3 is 20.3 Å². The highest BCUT2D eigenvalue weighted by Crippen LogP contribution is 2.18. The van der Waals surface area contributed by atoms with Crippen molar-refractivity contribution in [1.29, 1.82) is 5.41 Å². The molecule has 138 valence electrons. The second-order valence-electron chi connectivity index (χ2n) is 5.52. The van der Waals surface area contributed by atoms with Crippen molar-refractivity contribution in [2.45, 2.75) is 25.5 Å². The number of hydrogen-bond acceptors (Lipinski definition) is 3. The van der Waals surface area contributed by atoms with E-state index in [4.69, 9.17) is 10.1 Å². The fraction of sp³-hybridized carbons (Fsp3) is 0.562. The Kier molecular flexibility index (Phi) is 12.5. The molecule has 3 N–H and O–H groups in total. The minimum Gasteiger partial charge on any atom is -0.357 e. The lowest BCUT2D eigenvalue weighted by atomic mass is 10.2. The number of halogens is 3. The molecule has 8 heteroatoms. The molecule has 1 aromatic rings. The first-order valence-electron chi connectivity index (χ1n) is 7.78. The fourth-order valence-corrected chi connectivity index (χ4v) is 3.07. The van der Waals surface area contributed by atoms with E-state index in [0.29, 0.717) is 5.96 Å². The summed E-state index contributed by atoms with van der Waals surface area (Å²) < 4.78 is 6.43. The molecule has 1 unspecified atom stereocenters. The van der Waals surface area contributed by atoms with Gasteiger partial charge in [-0.25, -0.2) is 0 Å². The SMILES string of the molecule is COC(NC(=N)NCCCN1CCCC1)c1cccc(Br)c1.Cl.Cl. The summed E-state index contributed by atoms with van der Waals surface area (Å²) in [6.45, 7) is 4.37. The number of methoxy groups -OCH3 is 1. The van der Waals surface area contributed by atoms with E-state index in [9.17, 15) is 0 Å². The number of nitrogens with zero attached hydrogens (tertiary/aromatic N) is 1. The van der Waals surface area contributed by atoms with Crippen LogP contribution >= 0.6 is 40.7 Å². The number of ether oxygens (including phenoxy) is 1. The normalized spacial score (nSPS) is 15.1. The van der Waals surface area contributed by atoms with Crippen molar-refractivity contribution in [3.63, 3.8) is 0 Å². The van der Waals surface area contributed by atoms with Gasteiger partial charge in [0, 0.05) is 23.7 Å². The molecule has 1 atom stereocenters. The van der Waals surface area contributed by atoms with E-state index in [-0.39, 0.29) is 31.0 Å². The van der Waals surface area contributed by atoms with Crippen LogP contribution < -0.4 is 10.6 Å². The molecular formula is C16H27BrCl2N4O. The second kappa shape index (κ2) is 12.8. The maximum absolute atomic E-state index is 7.99. The van der Waals surface area contributed by atoms with Crippen molar-refractivity contribution in [3.05, 3.63) is 34.3 Å². The Morgan fingerprint density at radius 1 is 1.33 bits per heavy atom. The smallest absolute Gasteiger partial charge is 0.190 e. The lowest BCUT2D eigenvalue weighted by Gasteiger charge is -2.20. The highest BCUT2D eigenvalue weighted by Gasteiger charge is 2.13. The molecule has 0 saturated carbocycles. The summed E-state index contributed by atoms with van der Waals surface area (Å²) in [5.74, 6) is 0.299. The third-order valence-corrected chi connectivity index (χ3v) is 4.31. The number of guanidine groups is 1. The Labute approximate surface area is 165 Å². The van der Waals surface area contributed by atoms with Gasteiger partial charge in [-0.2, -0.15) is 0 Å². The van der Waals surface area contributed by atoms with Crippen LogP contribution in [-0.2, 0) is 4.74 Å². The average molecular weight is 442 g/mol. The van der Waals surface area contributed by atoms with Gasteiger partial charge in [0.15, 0.2) is 12.2 Å². The quantitative estimate of drug-likeness (QED) is 0.262. The Bertz CT molecular complexity index is 487. The first-order valence-corrected chi connectivity index (χ1v) is 8.58. The van der Waals surface area contributed by atoms with Gasteiger partial charge in [-0.05, 0) is 51.0 Å².